The molecule has 7 heteroatoms. The van der Waals surface area contributed by atoms with Crippen molar-refractivity contribution in [2.45, 2.75) is 26.1 Å². The second kappa shape index (κ2) is 5.97. The second-order valence-corrected chi connectivity index (χ2v) is 7.15. The van der Waals surface area contributed by atoms with E-state index in [1.807, 2.05) is 36.4 Å². The summed E-state index contributed by atoms with van der Waals surface area (Å²) in [7, 11) is 0. The van der Waals surface area contributed by atoms with Gasteiger partial charge in [0, 0.05) is 30.4 Å². The van der Waals surface area contributed by atoms with Crippen molar-refractivity contribution in [3.8, 4) is 11.4 Å². The van der Waals surface area contributed by atoms with E-state index < -0.39 is 5.97 Å². The molecule has 27 heavy (non-hydrogen) atoms. The van der Waals surface area contributed by atoms with E-state index in [-0.39, 0.29) is 23.9 Å². The molecule has 2 aliphatic carbocycles. The summed E-state index contributed by atoms with van der Waals surface area (Å²) in [5.41, 5.74) is 1.88. The Kier molecular flexibility index (Phi) is 3.56. The number of ether oxygens (including phenoxy) is 2. The first-order chi connectivity index (χ1) is 13.1. The summed E-state index contributed by atoms with van der Waals surface area (Å²) < 4.78 is 16.8. The Morgan fingerprint density at radius 2 is 2.30 bits per heavy atom. The minimum Gasteiger partial charge on any atom is -0.493 e. The average Bonchev–Trinajstić information content (AvgIpc) is 3.01. The topological polar surface area (TPSA) is 94.7 Å². The summed E-state index contributed by atoms with van der Waals surface area (Å²) in [5.74, 6) is 1.88. The third-order valence-corrected chi connectivity index (χ3v) is 5.37. The van der Waals surface area contributed by atoms with E-state index in [9.17, 15) is 4.79 Å². The summed E-state index contributed by atoms with van der Waals surface area (Å²) in [6.45, 7) is 2.17. The van der Waals surface area contributed by atoms with Crippen molar-refractivity contribution in [2.75, 3.05) is 0 Å². The Morgan fingerprint density at radius 1 is 1.41 bits per heavy atom. The molecule has 3 aliphatic rings. The molecule has 0 bridgehead atoms. The molecule has 1 aliphatic heterocycles. The molecule has 4 atom stereocenters. The normalized spacial score (nSPS) is 27.7. The molecule has 1 N–H and O–H groups in total. The monoisotopic (exact) mass is 366 g/mol. The van der Waals surface area contributed by atoms with Crippen molar-refractivity contribution in [2.24, 2.45) is 17.8 Å². The third kappa shape index (κ3) is 2.79. The van der Waals surface area contributed by atoms with E-state index in [1.54, 1.807) is 6.92 Å². The number of hydrogen-bond acceptors (Lipinski definition) is 6. The van der Waals surface area contributed by atoms with Gasteiger partial charge in [-0.05, 0) is 24.1 Å². The fraction of sp³-hybridized carbons (Fsp3) is 0.350. The lowest BCUT2D eigenvalue weighted by molar-refractivity contribution is -0.140. The number of hydrogen-bond donors (Lipinski definition) is 1. The number of carboxylic acid groups (broad SMARTS) is 1. The number of rotatable bonds is 5. The lowest BCUT2D eigenvalue weighted by Gasteiger charge is -2.20. The van der Waals surface area contributed by atoms with Crippen LogP contribution in [0.25, 0.3) is 11.4 Å². The van der Waals surface area contributed by atoms with Gasteiger partial charge in [0.15, 0.2) is 0 Å². The van der Waals surface area contributed by atoms with Crippen LogP contribution in [0.5, 0.6) is 0 Å². The van der Waals surface area contributed by atoms with Crippen LogP contribution in [-0.4, -0.2) is 27.3 Å². The molecule has 138 valence electrons. The van der Waals surface area contributed by atoms with Gasteiger partial charge in [-0.15, -0.1) is 0 Å². The zero-order valence-electron chi connectivity index (χ0n) is 14.7. The summed E-state index contributed by atoms with van der Waals surface area (Å²) in [4.78, 5) is 15.4. The van der Waals surface area contributed by atoms with Crippen LogP contribution in [0.1, 0.15) is 17.9 Å². The minimum absolute atomic E-state index is 0.113. The Bertz CT molecular complexity index is 976. The van der Waals surface area contributed by atoms with E-state index in [2.05, 4.69) is 10.1 Å². The number of benzene rings is 1. The van der Waals surface area contributed by atoms with Gasteiger partial charge in [-0.25, -0.2) is 0 Å². The van der Waals surface area contributed by atoms with Crippen LogP contribution in [0.2, 0.25) is 0 Å². The molecule has 7 nitrogen and oxygen atoms in total. The molecule has 1 saturated heterocycles. The van der Waals surface area contributed by atoms with E-state index in [0.717, 1.165) is 29.1 Å². The van der Waals surface area contributed by atoms with Crippen LogP contribution in [0.4, 0.5) is 0 Å². The van der Waals surface area contributed by atoms with Crippen LogP contribution in [-0.2, 0) is 20.9 Å². The minimum atomic E-state index is -0.758. The van der Waals surface area contributed by atoms with Crippen molar-refractivity contribution in [3.63, 3.8) is 0 Å². The van der Waals surface area contributed by atoms with Crippen molar-refractivity contribution >= 4 is 5.97 Å². The molecular weight excluding hydrogens is 348 g/mol. The summed E-state index contributed by atoms with van der Waals surface area (Å²) in [5, 5.41) is 13.1. The average molecular weight is 366 g/mol. The Hall–Kier alpha value is -3.09. The van der Waals surface area contributed by atoms with Crippen molar-refractivity contribution in [3.05, 3.63) is 59.4 Å². The zero-order chi connectivity index (χ0) is 18.5. The quantitative estimate of drug-likeness (QED) is 0.869. The first-order valence-electron chi connectivity index (χ1n) is 8.94. The maximum Gasteiger partial charge on any atom is 0.310 e. The van der Waals surface area contributed by atoms with Gasteiger partial charge in [-0.3, -0.25) is 4.79 Å². The predicted molar refractivity (Wildman–Crippen MR) is 93.0 cm³/mol. The molecule has 2 heterocycles. The fourth-order valence-corrected chi connectivity index (χ4v) is 4.02. The lowest BCUT2D eigenvalue weighted by atomic mass is 9.92. The SMILES string of the molecule is Cc1nc(-c2cccc(COC3=CCC4C(=C3)O[C@H]3[C@H](C(=O)O)[C@@H]43)c2)no1. The van der Waals surface area contributed by atoms with Gasteiger partial charge in [-0.1, -0.05) is 23.4 Å². The van der Waals surface area contributed by atoms with Gasteiger partial charge in [0.2, 0.25) is 11.7 Å². The van der Waals surface area contributed by atoms with Crippen LogP contribution < -0.4 is 0 Å². The highest BCUT2D eigenvalue weighted by atomic mass is 16.5. The number of aryl methyl sites for hydroxylation is 1. The van der Waals surface area contributed by atoms with Crippen LogP contribution in [0.15, 0.2) is 52.5 Å². The Labute approximate surface area is 155 Å². The standard InChI is InChI=1S/C20H18N2O5/c1-10-21-19(22-27-10)12-4-2-3-11(7-12)9-25-13-5-6-14-15(8-13)26-18-16(14)17(18)20(23)24/h2-5,7-8,14,16-18H,6,9H2,1H3,(H,23,24)/t14?,16-,17-,18-/m1/s1. The fourth-order valence-electron chi connectivity index (χ4n) is 4.02. The van der Waals surface area contributed by atoms with Gasteiger partial charge in [0.1, 0.15) is 30.1 Å². The van der Waals surface area contributed by atoms with E-state index in [0.29, 0.717) is 18.3 Å². The second-order valence-electron chi connectivity index (χ2n) is 7.15. The van der Waals surface area contributed by atoms with E-state index >= 15 is 0 Å². The highest BCUT2D eigenvalue weighted by molar-refractivity contribution is 5.76. The van der Waals surface area contributed by atoms with Gasteiger partial charge < -0.3 is 19.1 Å². The van der Waals surface area contributed by atoms with Crippen molar-refractivity contribution in [1.29, 1.82) is 0 Å². The van der Waals surface area contributed by atoms with Crippen LogP contribution in [0.3, 0.4) is 0 Å². The highest BCUT2D eigenvalue weighted by Crippen LogP contribution is 2.58. The maximum atomic E-state index is 11.2. The Balaban J connectivity index is 1.23. The van der Waals surface area contributed by atoms with E-state index in [4.69, 9.17) is 19.1 Å². The van der Waals surface area contributed by atoms with Crippen molar-refractivity contribution in [1.82, 2.24) is 10.1 Å². The molecule has 1 unspecified atom stereocenters. The smallest absolute Gasteiger partial charge is 0.310 e. The molecule has 5 rings (SSSR count). The molecule has 0 spiro atoms. The van der Waals surface area contributed by atoms with Crippen LogP contribution >= 0.6 is 0 Å². The molecular formula is C20H18N2O5. The number of fused-ring (bicyclic) bond motifs is 3. The number of allylic oxidation sites excluding steroid dienone is 3. The highest BCUT2D eigenvalue weighted by Gasteiger charge is 2.66. The Morgan fingerprint density at radius 3 is 3.07 bits per heavy atom. The maximum absolute atomic E-state index is 11.2. The zero-order valence-corrected chi connectivity index (χ0v) is 14.7. The van der Waals surface area contributed by atoms with Gasteiger partial charge in [0.05, 0.1) is 0 Å². The molecule has 0 amide bonds. The molecule has 1 aromatic carbocycles. The lowest BCUT2D eigenvalue weighted by Crippen LogP contribution is -2.15. The number of aliphatic carboxylic acids is 1. The number of carbonyl (C=O) groups is 1. The largest absolute Gasteiger partial charge is 0.493 e. The first kappa shape index (κ1) is 16.1. The van der Waals surface area contributed by atoms with E-state index in [1.165, 1.54) is 0 Å². The molecule has 2 aromatic rings. The van der Waals surface area contributed by atoms with Gasteiger partial charge in [0.25, 0.3) is 0 Å². The summed E-state index contributed by atoms with van der Waals surface area (Å²) >= 11 is 0. The van der Waals surface area contributed by atoms with Crippen LogP contribution in [0, 0.1) is 24.7 Å². The number of nitrogens with zero attached hydrogens (tertiary/aromatic N) is 2. The third-order valence-electron chi connectivity index (χ3n) is 5.37. The first-order valence-corrected chi connectivity index (χ1v) is 8.94. The molecule has 1 saturated carbocycles. The summed E-state index contributed by atoms with van der Waals surface area (Å²) in [6, 6.07) is 7.82. The molecule has 0 radical (unpaired) electrons. The van der Waals surface area contributed by atoms with Gasteiger partial charge >= 0.3 is 5.97 Å². The van der Waals surface area contributed by atoms with Gasteiger partial charge in [-0.2, -0.15) is 4.98 Å². The summed E-state index contributed by atoms with van der Waals surface area (Å²) in [6.07, 6.45) is 4.50. The number of carboxylic acids is 1. The predicted octanol–water partition coefficient (Wildman–Crippen LogP) is 3.08. The number of aromatic nitrogens is 2. The van der Waals surface area contributed by atoms with Crippen molar-refractivity contribution < 1.29 is 23.9 Å². The molecule has 2 fully saturated rings. The molecule has 1 aromatic heterocycles.